The second-order valence-electron chi connectivity index (χ2n) is 5.34. The number of nitrogens with zero attached hydrogens (tertiary/aromatic N) is 1. The van der Waals surface area contributed by atoms with E-state index in [0.29, 0.717) is 12.1 Å². The SMILES string of the molecule is NC(=O)CCCC(=O)NNc1ccccc1-c1ccc([N+](=O)[O-])cc1. The Hall–Kier alpha value is -3.42. The first kappa shape index (κ1) is 17.9. The highest BCUT2D eigenvalue weighted by Crippen LogP contribution is 2.28. The number of carbonyl (C=O) groups is 2. The van der Waals surface area contributed by atoms with Crippen LogP contribution in [0.25, 0.3) is 11.1 Å². The molecule has 0 aromatic heterocycles. The number of carbonyl (C=O) groups excluding carboxylic acids is 2. The van der Waals surface area contributed by atoms with E-state index in [4.69, 9.17) is 5.73 Å². The minimum Gasteiger partial charge on any atom is -0.370 e. The number of hydrogen-bond acceptors (Lipinski definition) is 5. The second-order valence-corrected chi connectivity index (χ2v) is 5.34. The standard InChI is InChI=1S/C17H18N4O4/c18-16(22)6-3-7-17(23)20-19-15-5-2-1-4-14(15)12-8-10-13(11-9-12)21(24)25/h1-2,4-5,8-11,19H,3,6-7H2,(H2,18,22)(H,20,23). The molecule has 2 aromatic carbocycles. The summed E-state index contributed by atoms with van der Waals surface area (Å²) in [5, 5.41) is 10.7. The summed E-state index contributed by atoms with van der Waals surface area (Å²) in [7, 11) is 0. The Labute approximate surface area is 144 Å². The van der Waals surface area contributed by atoms with Crippen LogP contribution in [-0.2, 0) is 9.59 Å². The fraction of sp³-hybridized carbons (Fsp3) is 0.176. The Kier molecular flexibility index (Phi) is 6.05. The second kappa shape index (κ2) is 8.44. The van der Waals surface area contributed by atoms with E-state index in [1.54, 1.807) is 24.3 Å². The van der Waals surface area contributed by atoms with Crippen LogP contribution >= 0.6 is 0 Å². The van der Waals surface area contributed by atoms with Gasteiger partial charge in [0.25, 0.3) is 5.69 Å². The van der Waals surface area contributed by atoms with Crippen molar-refractivity contribution < 1.29 is 14.5 Å². The number of hydrazine groups is 1. The fourth-order valence-electron chi connectivity index (χ4n) is 2.23. The van der Waals surface area contributed by atoms with Crippen LogP contribution in [0.2, 0.25) is 0 Å². The predicted octanol–water partition coefficient (Wildman–Crippen LogP) is 2.36. The molecule has 0 fully saturated rings. The molecule has 0 atom stereocenters. The summed E-state index contributed by atoms with van der Waals surface area (Å²) in [6.07, 6.45) is 0.718. The van der Waals surface area contributed by atoms with Gasteiger partial charge in [-0.15, -0.1) is 0 Å². The lowest BCUT2D eigenvalue weighted by atomic mass is 10.0. The van der Waals surface area contributed by atoms with E-state index in [0.717, 1.165) is 11.1 Å². The van der Waals surface area contributed by atoms with Crippen LogP contribution in [0.5, 0.6) is 0 Å². The van der Waals surface area contributed by atoms with Crippen molar-refractivity contribution in [2.45, 2.75) is 19.3 Å². The quantitative estimate of drug-likeness (QED) is 0.501. The summed E-state index contributed by atoms with van der Waals surface area (Å²) < 4.78 is 0. The first-order chi connectivity index (χ1) is 12.0. The molecular weight excluding hydrogens is 324 g/mol. The van der Waals surface area contributed by atoms with E-state index in [1.807, 2.05) is 12.1 Å². The van der Waals surface area contributed by atoms with Crippen molar-refractivity contribution in [3.05, 3.63) is 58.6 Å². The van der Waals surface area contributed by atoms with Crippen LogP contribution in [0.1, 0.15) is 19.3 Å². The number of nitro groups is 1. The summed E-state index contributed by atoms with van der Waals surface area (Å²) in [6.45, 7) is 0. The summed E-state index contributed by atoms with van der Waals surface area (Å²) in [5.41, 5.74) is 12.7. The molecule has 2 rings (SSSR count). The highest BCUT2D eigenvalue weighted by atomic mass is 16.6. The zero-order valence-corrected chi connectivity index (χ0v) is 13.4. The monoisotopic (exact) mass is 342 g/mol. The maximum Gasteiger partial charge on any atom is 0.269 e. The van der Waals surface area contributed by atoms with Crippen LogP contribution in [0.15, 0.2) is 48.5 Å². The first-order valence-corrected chi connectivity index (χ1v) is 7.64. The van der Waals surface area contributed by atoms with Crippen LogP contribution in [0.4, 0.5) is 11.4 Å². The van der Waals surface area contributed by atoms with Gasteiger partial charge >= 0.3 is 0 Å². The van der Waals surface area contributed by atoms with Gasteiger partial charge in [-0.05, 0) is 30.2 Å². The van der Waals surface area contributed by atoms with Crippen molar-refractivity contribution in [2.75, 3.05) is 5.43 Å². The number of non-ortho nitro benzene ring substituents is 1. The van der Waals surface area contributed by atoms with E-state index >= 15 is 0 Å². The molecule has 0 spiro atoms. The lowest BCUT2D eigenvalue weighted by Gasteiger charge is -2.13. The van der Waals surface area contributed by atoms with Gasteiger partial charge in [0.05, 0.1) is 10.6 Å². The molecule has 130 valence electrons. The number of nitrogens with one attached hydrogen (secondary N) is 2. The summed E-state index contributed by atoms with van der Waals surface area (Å²) in [5.74, 6) is -0.705. The molecule has 25 heavy (non-hydrogen) atoms. The van der Waals surface area contributed by atoms with Gasteiger partial charge in [0.15, 0.2) is 0 Å². The molecule has 0 heterocycles. The van der Waals surface area contributed by atoms with Crippen molar-refractivity contribution in [3.63, 3.8) is 0 Å². The maximum atomic E-state index is 11.8. The average Bonchev–Trinajstić information content (AvgIpc) is 2.60. The number of benzene rings is 2. The number of para-hydroxylation sites is 1. The molecule has 0 saturated carbocycles. The first-order valence-electron chi connectivity index (χ1n) is 7.64. The highest BCUT2D eigenvalue weighted by Gasteiger charge is 2.09. The molecule has 0 aliphatic rings. The topological polar surface area (TPSA) is 127 Å². The molecule has 0 aliphatic heterocycles. The van der Waals surface area contributed by atoms with Gasteiger partial charge in [-0.25, -0.2) is 0 Å². The van der Waals surface area contributed by atoms with E-state index in [1.165, 1.54) is 12.1 Å². The number of amides is 2. The van der Waals surface area contributed by atoms with E-state index in [9.17, 15) is 19.7 Å². The normalized spacial score (nSPS) is 10.1. The highest BCUT2D eigenvalue weighted by molar-refractivity contribution is 5.82. The smallest absolute Gasteiger partial charge is 0.269 e. The molecule has 2 amide bonds. The van der Waals surface area contributed by atoms with E-state index < -0.39 is 10.8 Å². The molecule has 2 aromatic rings. The number of anilines is 1. The van der Waals surface area contributed by atoms with E-state index in [2.05, 4.69) is 10.9 Å². The molecule has 0 radical (unpaired) electrons. The number of primary amides is 1. The van der Waals surface area contributed by atoms with Crippen molar-refractivity contribution in [1.29, 1.82) is 0 Å². The largest absolute Gasteiger partial charge is 0.370 e. The van der Waals surface area contributed by atoms with Crippen molar-refractivity contribution in [2.24, 2.45) is 5.73 Å². The molecule has 8 nitrogen and oxygen atoms in total. The van der Waals surface area contributed by atoms with Gasteiger partial charge in [-0.1, -0.05) is 18.2 Å². The summed E-state index contributed by atoms with van der Waals surface area (Å²) in [4.78, 5) is 32.7. The molecule has 0 bridgehead atoms. The molecule has 0 unspecified atom stereocenters. The Morgan fingerprint density at radius 3 is 2.36 bits per heavy atom. The lowest BCUT2D eigenvalue weighted by molar-refractivity contribution is -0.384. The van der Waals surface area contributed by atoms with Gasteiger partial charge < -0.3 is 5.73 Å². The van der Waals surface area contributed by atoms with Gasteiger partial charge in [0.2, 0.25) is 11.8 Å². The molecule has 0 saturated heterocycles. The zero-order chi connectivity index (χ0) is 18.2. The average molecular weight is 342 g/mol. The Morgan fingerprint density at radius 1 is 1.04 bits per heavy atom. The van der Waals surface area contributed by atoms with Crippen LogP contribution < -0.4 is 16.6 Å². The van der Waals surface area contributed by atoms with Crippen LogP contribution in [0, 0.1) is 10.1 Å². The van der Waals surface area contributed by atoms with Gasteiger partial charge in [0.1, 0.15) is 0 Å². The van der Waals surface area contributed by atoms with E-state index in [-0.39, 0.29) is 24.4 Å². The summed E-state index contributed by atoms with van der Waals surface area (Å²) >= 11 is 0. The molecule has 8 heteroatoms. The van der Waals surface area contributed by atoms with Crippen LogP contribution in [0.3, 0.4) is 0 Å². The molecular formula is C17H18N4O4. The fourth-order valence-corrected chi connectivity index (χ4v) is 2.23. The number of hydrogen-bond donors (Lipinski definition) is 3. The van der Waals surface area contributed by atoms with Gasteiger partial charge in [-0.3, -0.25) is 30.6 Å². The van der Waals surface area contributed by atoms with Crippen molar-refractivity contribution in [3.8, 4) is 11.1 Å². The maximum absolute atomic E-state index is 11.8. The van der Waals surface area contributed by atoms with Gasteiger partial charge in [-0.2, -0.15) is 0 Å². The summed E-state index contributed by atoms with van der Waals surface area (Å²) in [6, 6.07) is 13.4. The minimum atomic E-state index is -0.458. The molecule has 4 N–H and O–H groups in total. The van der Waals surface area contributed by atoms with Gasteiger partial charge in [0, 0.05) is 30.5 Å². The number of nitro benzene ring substituents is 1. The third kappa shape index (κ3) is 5.31. The third-order valence-electron chi connectivity index (χ3n) is 3.48. The lowest BCUT2D eigenvalue weighted by Crippen LogP contribution is -2.29. The number of rotatable bonds is 8. The molecule has 0 aliphatic carbocycles. The zero-order valence-electron chi connectivity index (χ0n) is 13.4. The Morgan fingerprint density at radius 2 is 1.72 bits per heavy atom. The predicted molar refractivity (Wildman–Crippen MR) is 93.3 cm³/mol. The van der Waals surface area contributed by atoms with Crippen molar-refractivity contribution >= 4 is 23.2 Å². The Balaban J connectivity index is 2.04. The van der Waals surface area contributed by atoms with Crippen LogP contribution in [-0.4, -0.2) is 16.7 Å². The minimum absolute atomic E-state index is 0.0111. The number of nitrogens with two attached hydrogens (primary N) is 1. The Bertz CT molecular complexity index is 774. The third-order valence-corrected chi connectivity index (χ3v) is 3.48. The van der Waals surface area contributed by atoms with Crippen molar-refractivity contribution in [1.82, 2.24) is 5.43 Å².